The number of carbonyl (C=O) groups is 2. The number of aliphatic hydroxyl groups is 1. The molecule has 0 aliphatic carbocycles. The molecule has 0 saturated heterocycles. The van der Waals surface area contributed by atoms with Gasteiger partial charge in [0.2, 0.25) is 0 Å². The molecule has 0 aromatic carbocycles. The van der Waals surface area contributed by atoms with E-state index in [1.807, 2.05) is 19.1 Å². The van der Waals surface area contributed by atoms with E-state index in [0.29, 0.717) is 19.3 Å². The topological polar surface area (TPSA) is 140 Å². The molecule has 9 nitrogen and oxygen atoms in total. The lowest BCUT2D eigenvalue weighted by Crippen LogP contribution is -2.29. The first-order chi connectivity index (χ1) is 26.5. The van der Waals surface area contributed by atoms with Gasteiger partial charge in [0, 0.05) is 12.8 Å². The van der Waals surface area contributed by atoms with Gasteiger partial charge in [-0.15, -0.1) is 0 Å². The normalized spacial score (nSPS) is 13.6. The quantitative estimate of drug-likeness (QED) is 0.0240. The van der Waals surface area contributed by atoms with E-state index in [0.717, 1.165) is 57.3 Å². The van der Waals surface area contributed by atoms with Crippen molar-refractivity contribution in [2.24, 2.45) is 5.92 Å². The standard InChI is InChI=1S/C45H81O9P/c1-4-42(46)36-32-28-24-20-16-12-9-10-14-18-22-26-30-34-38-45(48)54-43(40-53-55(49,50)51)39-52-44(47)37-33-29-25-21-17-13-8-6-5-7-11-15-19-23-27-31-35-41(2)3/h10,12,14,16,22,24,26,28,41-43,46H,4-9,11,13,15,17-21,23,25,27,29-40H2,1-3H3,(H2,49,50,51)/b14-10-,16-12-,26-22-,28-24-/t42-,43-/m1/s1. The number of phosphoric ester groups is 1. The predicted molar refractivity (Wildman–Crippen MR) is 227 cm³/mol. The highest BCUT2D eigenvalue weighted by Gasteiger charge is 2.22. The van der Waals surface area contributed by atoms with Crippen LogP contribution in [0.25, 0.3) is 0 Å². The third-order valence-electron chi connectivity index (χ3n) is 9.44. The smallest absolute Gasteiger partial charge is 0.462 e. The van der Waals surface area contributed by atoms with Gasteiger partial charge in [0.15, 0.2) is 6.10 Å². The molecule has 0 saturated carbocycles. The number of rotatable bonds is 39. The Morgan fingerprint density at radius 1 is 0.564 bits per heavy atom. The first-order valence-electron chi connectivity index (χ1n) is 21.9. The first-order valence-corrected chi connectivity index (χ1v) is 23.4. The van der Waals surface area contributed by atoms with Crippen molar-refractivity contribution in [3.05, 3.63) is 48.6 Å². The van der Waals surface area contributed by atoms with Gasteiger partial charge in [-0.25, -0.2) is 4.57 Å². The summed E-state index contributed by atoms with van der Waals surface area (Å²) in [4.78, 5) is 42.9. The van der Waals surface area contributed by atoms with Crippen LogP contribution in [0.3, 0.4) is 0 Å². The Hall–Kier alpha value is -2.03. The van der Waals surface area contributed by atoms with Crippen molar-refractivity contribution in [1.29, 1.82) is 0 Å². The fourth-order valence-corrected chi connectivity index (χ4v) is 6.36. The monoisotopic (exact) mass is 797 g/mol. The lowest BCUT2D eigenvalue weighted by molar-refractivity contribution is -0.161. The number of esters is 2. The van der Waals surface area contributed by atoms with Crippen LogP contribution in [0.4, 0.5) is 0 Å². The minimum absolute atomic E-state index is 0.123. The molecular weight excluding hydrogens is 715 g/mol. The number of unbranched alkanes of at least 4 members (excludes halogenated alkanes) is 16. The molecule has 0 aromatic rings. The summed E-state index contributed by atoms with van der Waals surface area (Å²) < 4.78 is 26.3. The highest BCUT2D eigenvalue weighted by Crippen LogP contribution is 2.36. The van der Waals surface area contributed by atoms with Gasteiger partial charge in [0.05, 0.1) is 12.7 Å². The summed E-state index contributed by atoms with van der Waals surface area (Å²) in [5.41, 5.74) is 0. The maximum absolute atomic E-state index is 12.4. The van der Waals surface area contributed by atoms with Crippen LogP contribution in [-0.4, -0.2) is 52.3 Å². The Balaban J connectivity index is 3.98. The molecule has 3 N–H and O–H groups in total. The van der Waals surface area contributed by atoms with Crippen molar-refractivity contribution >= 4 is 19.8 Å². The van der Waals surface area contributed by atoms with Gasteiger partial charge in [-0.1, -0.05) is 172 Å². The highest BCUT2D eigenvalue weighted by molar-refractivity contribution is 7.46. The van der Waals surface area contributed by atoms with E-state index < -0.39 is 32.5 Å². The molecule has 55 heavy (non-hydrogen) atoms. The lowest BCUT2D eigenvalue weighted by atomic mass is 10.0. The minimum atomic E-state index is -4.78. The molecule has 0 rings (SSSR count). The van der Waals surface area contributed by atoms with E-state index in [1.54, 1.807) is 0 Å². The molecule has 0 spiro atoms. The van der Waals surface area contributed by atoms with Crippen LogP contribution in [-0.2, 0) is 28.2 Å². The Bertz CT molecular complexity index is 1060. The third kappa shape index (κ3) is 42.9. The molecule has 0 aliphatic rings. The maximum Gasteiger partial charge on any atom is 0.469 e. The Kier molecular flexibility index (Phi) is 37.4. The first kappa shape index (κ1) is 53.0. The third-order valence-corrected chi connectivity index (χ3v) is 9.93. The van der Waals surface area contributed by atoms with Gasteiger partial charge in [-0.3, -0.25) is 14.1 Å². The molecule has 0 unspecified atom stereocenters. The summed E-state index contributed by atoms with van der Waals surface area (Å²) in [5, 5.41) is 9.54. The molecule has 0 amide bonds. The number of phosphoric acid groups is 1. The molecule has 10 heteroatoms. The molecule has 0 aromatic heterocycles. The Labute approximate surface area is 336 Å². The number of ether oxygens (including phenoxy) is 2. The van der Waals surface area contributed by atoms with Crippen molar-refractivity contribution in [2.45, 2.75) is 206 Å². The van der Waals surface area contributed by atoms with Crippen LogP contribution in [0.15, 0.2) is 48.6 Å². The van der Waals surface area contributed by atoms with E-state index in [-0.39, 0.29) is 25.6 Å². The van der Waals surface area contributed by atoms with E-state index >= 15 is 0 Å². The average Bonchev–Trinajstić information content (AvgIpc) is 3.14. The second-order valence-electron chi connectivity index (χ2n) is 15.3. The van der Waals surface area contributed by atoms with Crippen molar-refractivity contribution in [3.8, 4) is 0 Å². The molecular formula is C45H81O9P. The number of hydrogen-bond acceptors (Lipinski definition) is 7. The molecule has 0 heterocycles. The van der Waals surface area contributed by atoms with Crippen LogP contribution >= 0.6 is 7.82 Å². The van der Waals surface area contributed by atoms with Crippen LogP contribution in [0.2, 0.25) is 0 Å². The van der Waals surface area contributed by atoms with Gasteiger partial charge in [-0.2, -0.15) is 0 Å². The fraction of sp³-hybridized carbons (Fsp3) is 0.778. The molecule has 320 valence electrons. The molecule has 0 radical (unpaired) electrons. The molecule has 0 bridgehead atoms. The van der Waals surface area contributed by atoms with Crippen LogP contribution in [0, 0.1) is 5.92 Å². The van der Waals surface area contributed by atoms with Crippen LogP contribution in [0.1, 0.15) is 194 Å². The second kappa shape index (κ2) is 38.8. The van der Waals surface area contributed by atoms with Gasteiger partial charge in [0.25, 0.3) is 0 Å². The van der Waals surface area contributed by atoms with Gasteiger partial charge < -0.3 is 24.4 Å². The number of hydrogen-bond donors (Lipinski definition) is 3. The van der Waals surface area contributed by atoms with Gasteiger partial charge in [0.1, 0.15) is 6.61 Å². The van der Waals surface area contributed by atoms with Crippen molar-refractivity contribution in [3.63, 3.8) is 0 Å². The Morgan fingerprint density at radius 3 is 1.47 bits per heavy atom. The summed E-state index contributed by atoms with van der Waals surface area (Å²) in [6, 6.07) is 0. The summed E-state index contributed by atoms with van der Waals surface area (Å²) in [6.45, 7) is 5.72. The summed E-state index contributed by atoms with van der Waals surface area (Å²) in [5.74, 6) is -0.128. The average molecular weight is 797 g/mol. The zero-order valence-corrected chi connectivity index (χ0v) is 36.0. The largest absolute Gasteiger partial charge is 0.469 e. The lowest BCUT2D eigenvalue weighted by Gasteiger charge is -2.18. The van der Waals surface area contributed by atoms with E-state index in [4.69, 9.17) is 19.3 Å². The van der Waals surface area contributed by atoms with Gasteiger partial charge >= 0.3 is 19.8 Å². The predicted octanol–water partition coefficient (Wildman–Crippen LogP) is 12.3. The van der Waals surface area contributed by atoms with Crippen molar-refractivity contribution < 1.29 is 43.0 Å². The number of allylic oxidation sites excluding steroid dienone is 8. The summed E-state index contributed by atoms with van der Waals surface area (Å²) >= 11 is 0. The summed E-state index contributed by atoms with van der Waals surface area (Å²) in [6.07, 6.45) is 43.6. The van der Waals surface area contributed by atoms with E-state index in [2.05, 4.69) is 54.8 Å². The number of carbonyl (C=O) groups excluding carboxylic acids is 2. The molecule has 2 atom stereocenters. The van der Waals surface area contributed by atoms with Gasteiger partial charge in [-0.05, 0) is 63.7 Å². The number of aliphatic hydroxyl groups excluding tert-OH is 1. The van der Waals surface area contributed by atoms with E-state index in [1.165, 1.54) is 89.9 Å². The zero-order chi connectivity index (χ0) is 40.7. The second-order valence-corrected chi connectivity index (χ2v) is 16.5. The fourth-order valence-electron chi connectivity index (χ4n) is 6.00. The van der Waals surface area contributed by atoms with Crippen LogP contribution < -0.4 is 0 Å². The Morgan fingerprint density at radius 2 is 1.00 bits per heavy atom. The SMILES string of the molecule is CC[C@@H](O)CC/C=C\C/C=C\C/C=C\C/C=C\CCCC(=O)O[C@H](COC(=O)CCCCCCCCCCCCCCCCCCC(C)C)COP(=O)(O)O. The molecule has 0 aliphatic heterocycles. The molecule has 0 fully saturated rings. The van der Waals surface area contributed by atoms with Crippen molar-refractivity contribution in [2.75, 3.05) is 13.2 Å². The highest BCUT2D eigenvalue weighted by atomic mass is 31.2. The van der Waals surface area contributed by atoms with Crippen molar-refractivity contribution in [1.82, 2.24) is 0 Å². The maximum atomic E-state index is 12.4. The van der Waals surface area contributed by atoms with E-state index in [9.17, 15) is 19.3 Å². The van der Waals surface area contributed by atoms with Crippen LogP contribution in [0.5, 0.6) is 0 Å². The summed E-state index contributed by atoms with van der Waals surface area (Å²) in [7, 11) is -4.78. The zero-order valence-electron chi connectivity index (χ0n) is 35.1. The minimum Gasteiger partial charge on any atom is -0.462 e.